The maximum absolute atomic E-state index is 13.9. The largest absolute Gasteiger partial charge is 0.475 e. The number of alkyl halides is 17. The highest BCUT2D eigenvalue weighted by atomic mass is 19.4. The van der Waals surface area contributed by atoms with E-state index in [2.05, 4.69) is 0 Å². The molecule has 0 amide bonds. The van der Waals surface area contributed by atoms with Crippen LogP contribution in [0.25, 0.3) is 0 Å². The van der Waals surface area contributed by atoms with Crippen LogP contribution in [0.15, 0.2) is 16.5 Å². The van der Waals surface area contributed by atoms with Crippen molar-refractivity contribution in [3.8, 4) is 0 Å². The Balaban J connectivity index is 4.35. The number of amidine groups is 1. The third-order valence-corrected chi connectivity index (χ3v) is 3.20. The van der Waals surface area contributed by atoms with E-state index in [1.54, 1.807) is 0 Å². The lowest BCUT2D eigenvalue weighted by molar-refractivity contribution is -0.334. The van der Waals surface area contributed by atoms with Crippen LogP contribution in [0, 0.1) is 0 Å². The van der Waals surface area contributed by atoms with Crippen molar-refractivity contribution in [2.75, 3.05) is 0 Å². The Morgan fingerprint density at radius 2 is 0.967 bits per heavy atom. The van der Waals surface area contributed by atoms with Gasteiger partial charge in [-0.15, -0.1) is 0 Å². The number of halogens is 18. The summed E-state index contributed by atoms with van der Waals surface area (Å²) in [5, 5.41) is 0. The van der Waals surface area contributed by atoms with Gasteiger partial charge in [0.05, 0.1) is 0 Å². The predicted molar refractivity (Wildman–Crippen MR) is 55.4 cm³/mol. The normalized spacial score (nSPS) is 19.9. The molecule has 1 aliphatic heterocycles. The first-order chi connectivity index (χ1) is 12.7. The van der Waals surface area contributed by atoms with E-state index in [1.165, 1.54) is 0 Å². The second-order valence-corrected chi connectivity index (χ2v) is 5.17. The summed E-state index contributed by atoms with van der Waals surface area (Å²) in [6, 6.07) is -7.51. The minimum Gasteiger partial charge on any atom is -0.247 e. The SMILES string of the molecule is FC1=C(C(F)(F)F)N(C(F)(F)C(F)(F)F)C(C(F)(F)F)=NC1(C(F)(F)F)C(F)(F)F. The second-order valence-electron chi connectivity index (χ2n) is 5.17. The van der Waals surface area contributed by atoms with Gasteiger partial charge in [-0.2, -0.15) is 74.6 Å². The lowest BCUT2D eigenvalue weighted by Gasteiger charge is -2.44. The Morgan fingerprint density at radius 1 is 0.600 bits per heavy atom. The standard InChI is InChI=1S/C10F18N2/c11-1-2(5(12,13)14)30(10(27,28)9(24,25)26)3(6(15,16)17)29-4(1,7(18,19)20)8(21,22)23. The van der Waals surface area contributed by atoms with E-state index in [1.807, 2.05) is 0 Å². The van der Waals surface area contributed by atoms with Crippen molar-refractivity contribution in [1.29, 1.82) is 0 Å². The maximum Gasteiger partial charge on any atom is 0.475 e. The first-order valence-corrected chi connectivity index (χ1v) is 6.27. The predicted octanol–water partition coefficient (Wildman–Crippen LogP) is 6.02. The number of aliphatic imine (C=N–C) groups is 1. The molecule has 0 aromatic carbocycles. The molecular formula is C10F18N2. The summed E-state index contributed by atoms with van der Waals surface area (Å²) in [4.78, 5) is -2.86. The molecule has 20 heteroatoms. The lowest BCUT2D eigenvalue weighted by Crippen LogP contribution is -2.67. The fourth-order valence-corrected chi connectivity index (χ4v) is 2.01. The van der Waals surface area contributed by atoms with Crippen LogP contribution in [0.3, 0.4) is 0 Å². The average Bonchev–Trinajstić information content (AvgIpc) is 2.39. The highest BCUT2D eigenvalue weighted by Gasteiger charge is 2.81. The zero-order valence-electron chi connectivity index (χ0n) is 12.7. The molecule has 0 bridgehead atoms. The Hall–Kier alpha value is -2.05. The van der Waals surface area contributed by atoms with Crippen LogP contribution in [0.1, 0.15) is 0 Å². The van der Waals surface area contributed by atoms with Gasteiger partial charge in [0, 0.05) is 0 Å². The summed E-state index contributed by atoms with van der Waals surface area (Å²) in [5.74, 6) is -9.57. The van der Waals surface area contributed by atoms with Crippen molar-refractivity contribution in [3.05, 3.63) is 11.5 Å². The molecule has 176 valence electrons. The zero-order chi connectivity index (χ0) is 24.5. The van der Waals surface area contributed by atoms with Gasteiger partial charge in [-0.3, -0.25) is 0 Å². The first kappa shape index (κ1) is 26.0. The van der Waals surface area contributed by atoms with Crippen LogP contribution >= 0.6 is 0 Å². The molecule has 1 aliphatic rings. The van der Waals surface area contributed by atoms with E-state index in [-0.39, 0.29) is 0 Å². The van der Waals surface area contributed by atoms with Gasteiger partial charge in [0.25, 0.3) is 0 Å². The molecule has 0 spiro atoms. The number of rotatable bonds is 1. The maximum atomic E-state index is 13.9. The molecule has 0 unspecified atom stereocenters. The van der Waals surface area contributed by atoms with Crippen molar-refractivity contribution >= 4 is 5.84 Å². The second kappa shape index (κ2) is 6.47. The highest BCUT2D eigenvalue weighted by Crippen LogP contribution is 2.58. The van der Waals surface area contributed by atoms with Crippen molar-refractivity contribution in [3.63, 3.8) is 0 Å². The van der Waals surface area contributed by atoms with E-state index in [0.717, 1.165) is 0 Å². The summed E-state index contributed by atoms with van der Waals surface area (Å²) in [5.41, 5.74) is -11.9. The van der Waals surface area contributed by atoms with Crippen LogP contribution in [0.5, 0.6) is 0 Å². The molecule has 0 atom stereocenters. The van der Waals surface area contributed by atoms with Gasteiger partial charge in [-0.1, -0.05) is 0 Å². The third kappa shape index (κ3) is 3.71. The molecule has 0 aliphatic carbocycles. The first-order valence-electron chi connectivity index (χ1n) is 6.27. The van der Waals surface area contributed by atoms with Gasteiger partial charge < -0.3 is 0 Å². The van der Waals surface area contributed by atoms with E-state index < -0.39 is 64.7 Å². The summed E-state index contributed by atoms with van der Waals surface area (Å²) < 4.78 is 232. The minimum absolute atomic E-state index is 0.588. The monoisotopic (exact) mass is 490 g/mol. The quantitative estimate of drug-likeness (QED) is 0.324. The number of hydrogen-bond acceptors (Lipinski definition) is 2. The Bertz CT molecular complexity index is 723. The molecule has 0 aromatic rings. The molecule has 0 aromatic heterocycles. The molecule has 1 rings (SSSR count). The molecule has 0 fully saturated rings. The highest BCUT2D eigenvalue weighted by molar-refractivity contribution is 5.91. The van der Waals surface area contributed by atoms with Crippen molar-refractivity contribution in [1.82, 2.24) is 4.90 Å². The molecule has 0 saturated carbocycles. The molecule has 1 heterocycles. The smallest absolute Gasteiger partial charge is 0.247 e. The van der Waals surface area contributed by atoms with Gasteiger partial charge >= 0.3 is 42.5 Å². The topological polar surface area (TPSA) is 15.6 Å². The van der Waals surface area contributed by atoms with Gasteiger partial charge in [0.2, 0.25) is 5.84 Å². The molecule has 30 heavy (non-hydrogen) atoms. The summed E-state index contributed by atoms with van der Waals surface area (Å²) in [7, 11) is 0. The summed E-state index contributed by atoms with van der Waals surface area (Å²) in [6.07, 6.45) is -37.1. The fraction of sp³-hybridized carbons (Fsp3) is 0.700. The van der Waals surface area contributed by atoms with Crippen LogP contribution in [0.2, 0.25) is 0 Å². The van der Waals surface area contributed by atoms with Crippen LogP contribution in [0.4, 0.5) is 79.0 Å². The Morgan fingerprint density at radius 3 is 1.20 bits per heavy atom. The van der Waals surface area contributed by atoms with E-state index in [4.69, 9.17) is 0 Å². The Kier molecular flexibility index (Phi) is 5.61. The van der Waals surface area contributed by atoms with Crippen molar-refractivity contribution in [2.45, 2.75) is 42.5 Å². The molecule has 0 radical (unpaired) electrons. The average molecular weight is 490 g/mol. The van der Waals surface area contributed by atoms with E-state index >= 15 is 0 Å². The molecule has 0 N–H and O–H groups in total. The zero-order valence-corrected chi connectivity index (χ0v) is 12.7. The van der Waals surface area contributed by atoms with Crippen molar-refractivity contribution in [2.24, 2.45) is 4.99 Å². The van der Waals surface area contributed by atoms with Gasteiger partial charge in [0.1, 0.15) is 0 Å². The third-order valence-electron chi connectivity index (χ3n) is 3.20. The van der Waals surface area contributed by atoms with E-state index in [9.17, 15) is 79.0 Å². The minimum atomic E-state index is -7.54. The van der Waals surface area contributed by atoms with Gasteiger partial charge in [0.15, 0.2) is 11.5 Å². The molecular weight excluding hydrogens is 490 g/mol. The number of hydrogen-bond donors (Lipinski definition) is 0. The van der Waals surface area contributed by atoms with Crippen molar-refractivity contribution < 1.29 is 79.0 Å². The fourth-order valence-electron chi connectivity index (χ4n) is 2.01. The van der Waals surface area contributed by atoms with Crippen LogP contribution < -0.4 is 0 Å². The number of nitrogens with zero attached hydrogens (tertiary/aromatic N) is 2. The summed E-state index contributed by atoms with van der Waals surface area (Å²) >= 11 is 0. The van der Waals surface area contributed by atoms with E-state index in [0.29, 0.717) is 4.99 Å². The number of allylic oxidation sites excluding steroid dienone is 1. The summed E-state index contributed by atoms with van der Waals surface area (Å²) in [6.45, 7) is 0. The molecule has 2 nitrogen and oxygen atoms in total. The Labute approximate surface area is 150 Å². The van der Waals surface area contributed by atoms with Gasteiger partial charge in [-0.25, -0.2) is 14.3 Å². The van der Waals surface area contributed by atoms with Crippen LogP contribution in [-0.4, -0.2) is 53.2 Å². The molecule has 0 saturated heterocycles. The van der Waals surface area contributed by atoms with Crippen LogP contribution in [-0.2, 0) is 0 Å². The van der Waals surface area contributed by atoms with Gasteiger partial charge in [-0.05, 0) is 0 Å². The lowest BCUT2D eigenvalue weighted by atomic mass is 9.92.